The second-order valence-corrected chi connectivity index (χ2v) is 4.57. The van der Waals surface area contributed by atoms with Gasteiger partial charge in [-0.05, 0) is 17.6 Å². The molecule has 0 spiro atoms. The van der Waals surface area contributed by atoms with Crippen LogP contribution in [-0.4, -0.2) is 50.2 Å². The lowest BCUT2D eigenvalue weighted by Gasteiger charge is -2.21. The van der Waals surface area contributed by atoms with Gasteiger partial charge in [-0.3, -0.25) is 4.79 Å². The molecule has 1 saturated heterocycles. The van der Waals surface area contributed by atoms with Crippen molar-refractivity contribution in [3.8, 4) is 0 Å². The lowest BCUT2D eigenvalue weighted by Crippen LogP contribution is -2.37. The van der Waals surface area contributed by atoms with Gasteiger partial charge in [0.1, 0.15) is 0 Å². The summed E-state index contributed by atoms with van der Waals surface area (Å²) in [7, 11) is 0. The van der Waals surface area contributed by atoms with E-state index in [0.29, 0.717) is 12.5 Å². The van der Waals surface area contributed by atoms with Crippen LogP contribution in [0.15, 0.2) is 11.1 Å². The average Bonchev–Trinajstić information content (AvgIpc) is 2.92. The van der Waals surface area contributed by atoms with E-state index in [-0.39, 0.29) is 5.92 Å². The zero-order valence-corrected chi connectivity index (χ0v) is 8.79. The van der Waals surface area contributed by atoms with Crippen molar-refractivity contribution in [3.05, 3.63) is 11.1 Å². The predicted molar refractivity (Wildman–Crippen MR) is 55.4 cm³/mol. The van der Waals surface area contributed by atoms with E-state index in [1.54, 1.807) is 0 Å². The smallest absolute Gasteiger partial charge is 0.228 e. The Morgan fingerprint density at radius 1 is 1.33 bits per heavy atom. The van der Waals surface area contributed by atoms with Gasteiger partial charge in [0.15, 0.2) is 0 Å². The fourth-order valence-electron chi connectivity index (χ4n) is 2.61. The number of hydrogen-bond donors (Lipinski definition) is 1. The van der Waals surface area contributed by atoms with Crippen LogP contribution < -0.4 is 5.32 Å². The summed E-state index contributed by atoms with van der Waals surface area (Å²) in [5.41, 5.74) is 2.87. The standard InChI is InChI=1S/C11H16N2O2/c14-11(8-1-2-15-7-8)13-5-9-3-12-4-10(9)6-13/h8,12H,1-7H2. The Labute approximate surface area is 89.3 Å². The van der Waals surface area contributed by atoms with Crippen LogP contribution in [0, 0.1) is 5.92 Å². The van der Waals surface area contributed by atoms with E-state index < -0.39 is 0 Å². The van der Waals surface area contributed by atoms with Crippen molar-refractivity contribution in [2.45, 2.75) is 6.42 Å². The van der Waals surface area contributed by atoms with Gasteiger partial charge in [0.2, 0.25) is 5.91 Å². The molecule has 1 unspecified atom stereocenters. The fraction of sp³-hybridized carbons (Fsp3) is 0.727. The number of hydrogen-bond acceptors (Lipinski definition) is 3. The molecule has 0 aliphatic carbocycles. The molecule has 0 bridgehead atoms. The largest absolute Gasteiger partial charge is 0.381 e. The lowest BCUT2D eigenvalue weighted by atomic mass is 10.1. The topological polar surface area (TPSA) is 41.6 Å². The van der Waals surface area contributed by atoms with Crippen molar-refractivity contribution >= 4 is 5.91 Å². The van der Waals surface area contributed by atoms with Gasteiger partial charge in [0.25, 0.3) is 0 Å². The summed E-state index contributed by atoms with van der Waals surface area (Å²) >= 11 is 0. The van der Waals surface area contributed by atoms with Gasteiger partial charge in [0.05, 0.1) is 12.5 Å². The summed E-state index contributed by atoms with van der Waals surface area (Å²) in [6.07, 6.45) is 0.901. The number of carbonyl (C=O) groups is 1. The Morgan fingerprint density at radius 2 is 2.07 bits per heavy atom. The molecule has 1 atom stereocenters. The third kappa shape index (κ3) is 1.58. The van der Waals surface area contributed by atoms with Crippen molar-refractivity contribution in [3.63, 3.8) is 0 Å². The second-order valence-electron chi connectivity index (χ2n) is 4.57. The van der Waals surface area contributed by atoms with E-state index in [4.69, 9.17) is 4.74 Å². The van der Waals surface area contributed by atoms with E-state index in [9.17, 15) is 4.79 Å². The number of nitrogens with one attached hydrogen (secondary N) is 1. The van der Waals surface area contributed by atoms with E-state index in [1.807, 2.05) is 4.90 Å². The number of amides is 1. The molecular weight excluding hydrogens is 192 g/mol. The highest BCUT2D eigenvalue weighted by atomic mass is 16.5. The molecule has 82 valence electrons. The molecule has 0 aromatic heterocycles. The number of rotatable bonds is 1. The van der Waals surface area contributed by atoms with Crippen LogP contribution >= 0.6 is 0 Å². The van der Waals surface area contributed by atoms with Crippen molar-refractivity contribution in [1.82, 2.24) is 10.2 Å². The van der Waals surface area contributed by atoms with Crippen molar-refractivity contribution in [2.24, 2.45) is 5.92 Å². The highest BCUT2D eigenvalue weighted by Crippen LogP contribution is 2.24. The molecule has 3 aliphatic heterocycles. The van der Waals surface area contributed by atoms with Crippen molar-refractivity contribution in [1.29, 1.82) is 0 Å². The molecule has 0 radical (unpaired) electrons. The average molecular weight is 208 g/mol. The molecule has 0 saturated carbocycles. The molecule has 1 N–H and O–H groups in total. The molecule has 4 nitrogen and oxygen atoms in total. The van der Waals surface area contributed by atoms with Crippen LogP contribution in [0.4, 0.5) is 0 Å². The minimum absolute atomic E-state index is 0.123. The van der Waals surface area contributed by atoms with E-state index >= 15 is 0 Å². The van der Waals surface area contributed by atoms with E-state index in [1.165, 1.54) is 11.1 Å². The van der Waals surface area contributed by atoms with Crippen LogP contribution in [-0.2, 0) is 9.53 Å². The predicted octanol–water partition coefficient (Wildman–Crippen LogP) is -0.235. The molecule has 1 amide bonds. The Balaban J connectivity index is 1.63. The summed E-state index contributed by atoms with van der Waals surface area (Å²) in [4.78, 5) is 14.1. The Morgan fingerprint density at radius 3 is 2.67 bits per heavy atom. The lowest BCUT2D eigenvalue weighted by molar-refractivity contribution is -0.134. The first kappa shape index (κ1) is 9.36. The minimum Gasteiger partial charge on any atom is -0.381 e. The van der Waals surface area contributed by atoms with E-state index in [2.05, 4.69) is 5.32 Å². The molecule has 1 fully saturated rings. The number of carbonyl (C=O) groups excluding carboxylic acids is 1. The molecule has 0 aromatic carbocycles. The molecule has 3 aliphatic rings. The maximum atomic E-state index is 12.1. The third-order valence-electron chi connectivity index (χ3n) is 3.53. The first-order chi connectivity index (χ1) is 7.34. The molecule has 3 heterocycles. The van der Waals surface area contributed by atoms with Crippen LogP contribution in [0.5, 0.6) is 0 Å². The maximum absolute atomic E-state index is 12.1. The highest BCUT2D eigenvalue weighted by Gasteiger charge is 2.33. The zero-order valence-electron chi connectivity index (χ0n) is 8.79. The van der Waals surface area contributed by atoms with Crippen LogP contribution in [0.1, 0.15) is 6.42 Å². The SMILES string of the molecule is O=C(C1CCOC1)N1CC2=C(CNC2)C1. The quantitative estimate of drug-likeness (QED) is 0.605. The zero-order chi connectivity index (χ0) is 10.3. The summed E-state index contributed by atoms with van der Waals surface area (Å²) in [5, 5.41) is 3.32. The van der Waals surface area contributed by atoms with Gasteiger partial charge in [-0.2, -0.15) is 0 Å². The Kier molecular flexibility index (Phi) is 2.25. The fourth-order valence-corrected chi connectivity index (χ4v) is 2.61. The first-order valence-electron chi connectivity index (χ1n) is 5.61. The second kappa shape index (κ2) is 3.61. The van der Waals surface area contributed by atoms with Crippen molar-refractivity contribution < 1.29 is 9.53 Å². The molecule has 4 heteroatoms. The molecule has 3 rings (SSSR count). The maximum Gasteiger partial charge on any atom is 0.228 e. The number of ether oxygens (including phenoxy) is 1. The van der Waals surface area contributed by atoms with Crippen LogP contribution in [0.2, 0.25) is 0 Å². The Bertz CT molecular complexity index is 303. The normalized spacial score (nSPS) is 30.1. The van der Waals surface area contributed by atoms with Crippen molar-refractivity contribution in [2.75, 3.05) is 39.4 Å². The van der Waals surface area contributed by atoms with Gasteiger partial charge in [-0.1, -0.05) is 0 Å². The first-order valence-corrected chi connectivity index (χ1v) is 5.61. The van der Waals surface area contributed by atoms with Gasteiger partial charge in [-0.15, -0.1) is 0 Å². The minimum atomic E-state index is 0.123. The highest BCUT2D eigenvalue weighted by molar-refractivity contribution is 5.80. The summed E-state index contributed by atoms with van der Waals surface area (Å²) < 4.78 is 5.26. The molecule has 15 heavy (non-hydrogen) atoms. The molecule has 0 aromatic rings. The monoisotopic (exact) mass is 208 g/mol. The van der Waals surface area contributed by atoms with Gasteiger partial charge in [0, 0.05) is 32.8 Å². The van der Waals surface area contributed by atoms with Crippen LogP contribution in [0.3, 0.4) is 0 Å². The van der Waals surface area contributed by atoms with E-state index in [0.717, 1.165) is 39.2 Å². The Hall–Kier alpha value is -0.870. The van der Waals surface area contributed by atoms with Crippen LogP contribution in [0.25, 0.3) is 0 Å². The summed E-state index contributed by atoms with van der Waals surface area (Å²) in [5.74, 6) is 0.417. The summed E-state index contributed by atoms with van der Waals surface area (Å²) in [6, 6.07) is 0. The van der Waals surface area contributed by atoms with Gasteiger partial charge >= 0.3 is 0 Å². The van der Waals surface area contributed by atoms with Gasteiger partial charge < -0.3 is 15.0 Å². The number of nitrogens with zero attached hydrogens (tertiary/aromatic N) is 1. The summed E-state index contributed by atoms with van der Waals surface area (Å²) in [6.45, 7) is 5.01. The van der Waals surface area contributed by atoms with Gasteiger partial charge in [-0.25, -0.2) is 0 Å². The third-order valence-corrected chi connectivity index (χ3v) is 3.53. The molecular formula is C11H16N2O2.